The number of rotatable bonds is 8. The van der Waals surface area contributed by atoms with Gasteiger partial charge in [-0.1, -0.05) is 11.6 Å². The van der Waals surface area contributed by atoms with E-state index in [1.165, 1.54) is 0 Å². The number of ether oxygens (including phenoxy) is 1. The zero-order valence-corrected chi connectivity index (χ0v) is 17.0. The van der Waals surface area contributed by atoms with Crippen LogP contribution in [-0.4, -0.2) is 33.7 Å². The smallest absolute Gasteiger partial charge is 0.274 e. The van der Waals surface area contributed by atoms with Crippen molar-refractivity contribution in [3.63, 3.8) is 0 Å². The molecule has 0 saturated heterocycles. The summed E-state index contributed by atoms with van der Waals surface area (Å²) < 4.78 is 12.7. The van der Waals surface area contributed by atoms with Crippen LogP contribution in [0.25, 0.3) is 0 Å². The Labute approximate surface area is 169 Å². The van der Waals surface area contributed by atoms with E-state index in [4.69, 9.17) is 20.8 Å². The van der Waals surface area contributed by atoms with Gasteiger partial charge < -0.3 is 14.1 Å². The van der Waals surface area contributed by atoms with E-state index in [1.807, 2.05) is 32.0 Å². The summed E-state index contributed by atoms with van der Waals surface area (Å²) in [6.07, 6.45) is 5.00. The minimum absolute atomic E-state index is 0.0658. The van der Waals surface area contributed by atoms with Crippen LogP contribution in [0, 0.1) is 6.92 Å². The van der Waals surface area contributed by atoms with Crippen LogP contribution in [0.4, 0.5) is 0 Å². The first-order valence-corrected chi connectivity index (χ1v) is 9.54. The fraction of sp³-hybridized carbons (Fsp3) is 0.333. The Kier molecular flexibility index (Phi) is 6.41. The second-order valence-corrected chi connectivity index (χ2v) is 7.22. The number of carbonyl (C=O) groups excluding carboxylic acids is 1. The topological polar surface area (TPSA) is 60.5 Å². The first kappa shape index (κ1) is 20.0. The van der Waals surface area contributed by atoms with Crippen molar-refractivity contribution in [2.45, 2.75) is 39.5 Å². The van der Waals surface area contributed by atoms with Crippen molar-refractivity contribution in [1.82, 2.24) is 14.7 Å². The van der Waals surface area contributed by atoms with E-state index < -0.39 is 0 Å². The maximum Gasteiger partial charge on any atom is 0.274 e. The Bertz CT molecular complexity index is 921. The van der Waals surface area contributed by atoms with E-state index >= 15 is 0 Å². The fourth-order valence-corrected chi connectivity index (χ4v) is 2.89. The van der Waals surface area contributed by atoms with E-state index in [-0.39, 0.29) is 18.7 Å². The maximum absolute atomic E-state index is 12.7. The summed E-state index contributed by atoms with van der Waals surface area (Å²) in [5, 5.41) is 5.03. The Morgan fingerprint density at radius 2 is 2.18 bits per heavy atom. The van der Waals surface area contributed by atoms with Gasteiger partial charge in [0.05, 0.1) is 6.26 Å². The van der Waals surface area contributed by atoms with Crippen LogP contribution in [0.5, 0.6) is 5.75 Å². The summed E-state index contributed by atoms with van der Waals surface area (Å²) in [6.45, 7) is 4.15. The molecule has 1 aromatic carbocycles. The molecule has 2 heterocycles. The standard InChI is InChI=1S/C21H24ClN3O3/c1-15-13-18(8-9-19(15)22)28-14-25-11-10-20(23-25)21(26)24(3)16(2)6-7-17-5-4-12-27-17/h4-5,8-13,16H,6-7,14H2,1-3H3. The Morgan fingerprint density at radius 1 is 1.36 bits per heavy atom. The summed E-state index contributed by atoms with van der Waals surface area (Å²) in [5.41, 5.74) is 1.34. The molecule has 28 heavy (non-hydrogen) atoms. The SMILES string of the molecule is Cc1cc(OCn2ccc(C(=O)N(C)C(C)CCc3ccco3)n2)ccc1Cl. The molecule has 0 aliphatic carbocycles. The predicted octanol–water partition coefficient (Wildman–Crippen LogP) is 4.57. The van der Waals surface area contributed by atoms with Gasteiger partial charge in [-0.05, 0) is 62.2 Å². The van der Waals surface area contributed by atoms with Crippen LogP contribution in [0.15, 0.2) is 53.3 Å². The van der Waals surface area contributed by atoms with Gasteiger partial charge in [-0.2, -0.15) is 5.10 Å². The lowest BCUT2D eigenvalue weighted by atomic mass is 10.1. The van der Waals surface area contributed by atoms with Gasteiger partial charge in [-0.3, -0.25) is 4.79 Å². The van der Waals surface area contributed by atoms with Crippen LogP contribution in [0.2, 0.25) is 5.02 Å². The minimum Gasteiger partial charge on any atom is -0.471 e. The third-order valence-electron chi connectivity index (χ3n) is 4.72. The zero-order chi connectivity index (χ0) is 20.1. The molecule has 0 aliphatic rings. The van der Waals surface area contributed by atoms with Crippen LogP contribution in [-0.2, 0) is 13.2 Å². The summed E-state index contributed by atoms with van der Waals surface area (Å²) in [6, 6.07) is 11.0. The molecule has 1 amide bonds. The monoisotopic (exact) mass is 401 g/mol. The molecule has 6 nitrogen and oxygen atoms in total. The summed E-state index contributed by atoms with van der Waals surface area (Å²) in [4.78, 5) is 14.4. The number of aryl methyl sites for hydroxylation is 2. The number of furan rings is 1. The number of carbonyl (C=O) groups is 1. The van der Waals surface area contributed by atoms with Crippen molar-refractivity contribution in [3.8, 4) is 5.75 Å². The van der Waals surface area contributed by atoms with Crippen molar-refractivity contribution in [2.24, 2.45) is 0 Å². The molecular weight excluding hydrogens is 378 g/mol. The first-order chi connectivity index (χ1) is 13.4. The normalized spacial score (nSPS) is 12.0. The molecule has 7 heteroatoms. The number of hydrogen-bond acceptors (Lipinski definition) is 4. The van der Waals surface area contributed by atoms with Crippen molar-refractivity contribution in [1.29, 1.82) is 0 Å². The van der Waals surface area contributed by atoms with Gasteiger partial charge in [0, 0.05) is 30.7 Å². The predicted molar refractivity (Wildman–Crippen MR) is 108 cm³/mol. The molecule has 1 unspecified atom stereocenters. The Balaban J connectivity index is 1.54. The number of benzene rings is 1. The molecule has 0 spiro atoms. The van der Waals surface area contributed by atoms with E-state index in [0.29, 0.717) is 16.5 Å². The highest BCUT2D eigenvalue weighted by atomic mass is 35.5. The van der Waals surface area contributed by atoms with Gasteiger partial charge in [-0.15, -0.1) is 0 Å². The Morgan fingerprint density at radius 3 is 2.89 bits per heavy atom. The van der Waals surface area contributed by atoms with Crippen LogP contribution in [0.3, 0.4) is 0 Å². The molecule has 0 aliphatic heterocycles. The molecular formula is C21H24ClN3O3. The van der Waals surface area contributed by atoms with E-state index in [1.54, 1.807) is 47.3 Å². The first-order valence-electron chi connectivity index (χ1n) is 9.16. The molecule has 0 N–H and O–H groups in total. The maximum atomic E-state index is 12.7. The molecule has 1 atom stereocenters. The summed E-state index contributed by atoms with van der Waals surface area (Å²) >= 11 is 6.02. The van der Waals surface area contributed by atoms with Gasteiger partial charge in [0.1, 0.15) is 11.5 Å². The van der Waals surface area contributed by atoms with Gasteiger partial charge in [-0.25, -0.2) is 4.68 Å². The number of aromatic nitrogens is 2. The lowest BCUT2D eigenvalue weighted by molar-refractivity contribution is 0.0728. The highest BCUT2D eigenvalue weighted by molar-refractivity contribution is 6.31. The highest BCUT2D eigenvalue weighted by Crippen LogP contribution is 2.21. The van der Waals surface area contributed by atoms with Crippen LogP contribution in [0.1, 0.15) is 35.2 Å². The van der Waals surface area contributed by atoms with Gasteiger partial charge in [0.25, 0.3) is 5.91 Å². The average Bonchev–Trinajstić information content (AvgIpc) is 3.37. The third kappa shape index (κ3) is 4.95. The molecule has 2 aromatic heterocycles. The van der Waals surface area contributed by atoms with E-state index in [9.17, 15) is 4.79 Å². The number of nitrogens with zero attached hydrogens (tertiary/aromatic N) is 3. The van der Waals surface area contributed by atoms with Crippen molar-refractivity contribution in [3.05, 3.63) is 70.9 Å². The van der Waals surface area contributed by atoms with Gasteiger partial charge >= 0.3 is 0 Å². The largest absolute Gasteiger partial charge is 0.471 e. The molecule has 148 valence electrons. The lowest BCUT2D eigenvalue weighted by Crippen LogP contribution is -2.35. The second-order valence-electron chi connectivity index (χ2n) is 6.81. The van der Waals surface area contributed by atoms with Crippen molar-refractivity contribution < 1.29 is 13.9 Å². The van der Waals surface area contributed by atoms with E-state index in [2.05, 4.69) is 5.10 Å². The zero-order valence-electron chi connectivity index (χ0n) is 16.3. The average molecular weight is 402 g/mol. The molecule has 3 aromatic rings. The van der Waals surface area contributed by atoms with Gasteiger partial charge in [0.15, 0.2) is 12.4 Å². The molecule has 0 bridgehead atoms. The summed E-state index contributed by atoms with van der Waals surface area (Å²) in [5.74, 6) is 1.51. The van der Waals surface area contributed by atoms with E-state index in [0.717, 1.165) is 24.2 Å². The number of halogens is 1. The lowest BCUT2D eigenvalue weighted by Gasteiger charge is -2.23. The molecule has 0 saturated carbocycles. The van der Waals surface area contributed by atoms with Crippen LogP contribution < -0.4 is 4.74 Å². The third-order valence-corrected chi connectivity index (χ3v) is 5.15. The molecule has 0 fully saturated rings. The number of hydrogen-bond donors (Lipinski definition) is 0. The summed E-state index contributed by atoms with van der Waals surface area (Å²) in [7, 11) is 1.79. The second kappa shape index (κ2) is 8.97. The van der Waals surface area contributed by atoms with Gasteiger partial charge in [0.2, 0.25) is 0 Å². The Hall–Kier alpha value is -2.73. The van der Waals surface area contributed by atoms with Crippen LogP contribution >= 0.6 is 11.6 Å². The molecule has 3 rings (SSSR count). The highest BCUT2D eigenvalue weighted by Gasteiger charge is 2.20. The number of amides is 1. The fourth-order valence-electron chi connectivity index (χ4n) is 2.78. The van der Waals surface area contributed by atoms with Crippen molar-refractivity contribution in [2.75, 3.05) is 7.05 Å². The minimum atomic E-state index is -0.118. The quantitative estimate of drug-likeness (QED) is 0.554. The van der Waals surface area contributed by atoms with Crippen molar-refractivity contribution >= 4 is 17.5 Å². The molecule has 0 radical (unpaired) electrons.